The molecular weight excluding hydrogens is 308 g/mol. The topological polar surface area (TPSA) is 67.8 Å². The standard InChI is InChI=1S/C17H24N4O3/c1-12-13(5-4-9-23-12)16(22)21-8-10-24-15(11-21)14-6-7-18-17(19-14)20(2)3/h6-7,15H,4-5,8-11H2,1-3H3. The highest BCUT2D eigenvalue weighted by molar-refractivity contribution is 5.94. The molecule has 0 spiro atoms. The van der Waals surface area contributed by atoms with Gasteiger partial charge in [0.05, 0.1) is 31.0 Å². The summed E-state index contributed by atoms with van der Waals surface area (Å²) in [4.78, 5) is 25.3. The van der Waals surface area contributed by atoms with Crippen LogP contribution >= 0.6 is 0 Å². The average Bonchev–Trinajstić information content (AvgIpc) is 2.62. The number of ether oxygens (including phenoxy) is 2. The molecule has 1 atom stereocenters. The third kappa shape index (κ3) is 3.51. The number of rotatable bonds is 3. The van der Waals surface area contributed by atoms with Gasteiger partial charge in [-0.25, -0.2) is 9.97 Å². The second-order valence-corrected chi connectivity index (χ2v) is 6.27. The highest BCUT2D eigenvalue weighted by Crippen LogP contribution is 2.26. The van der Waals surface area contributed by atoms with Crippen LogP contribution in [0, 0.1) is 0 Å². The van der Waals surface area contributed by atoms with E-state index in [4.69, 9.17) is 9.47 Å². The van der Waals surface area contributed by atoms with Crippen molar-refractivity contribution in [3.63, 3.8) is 0 Å². The van der Waals surface area contributed by atoms with Crippen molar-refractivity contribution in [2.75, 3.05) is 45.3 Å². The SMILES string of the molecule is CC1=C(C(=O)N2CCOC(c3ccnc(N(C)C)n3)C2)CCCO1. The van der Waals surface area contributed by atoms with E-state index in [2.05, 4.69) is 9.97 Å². The second kappa shape index (κ2) is 7.17. The van der Waals surface area contributed by atoms with Gasteiger partial charge in [0.2, 0.25) is 5.95 Å². The lowest BCUT2D eigenvalue weighted by Crippen LogP contribution is -2.43. The van der Waals surface area contributed by atoms with Gasteiger partial charge in [0.15, 0.2) is 0 Å². The number of anilines is 1. The lowest BCUT2D eigenvalue weighted by atomic mass is 10.0. The molecule has 0 aliphatic carbocycles. The fourth-order valence-corrected chi connectivity index (χ4v) is 2.96. The third-order valence-electron chi connectivity index (χ3n) is 4.32. The van der Waals surface area contributed by atoms with Crippen LogP contribution in [0.25, 0.3) is 0 Å². The molecule has 1 amide bonds. The van der Waals surface area contributed by atoms with Gasteiger partial charge in [0, 0.05) is 26.8 Å². The maximum Gasteiger partial charge on any atom is 0.253 e. The number of carbonyl (C=O) groups is 1. The van der Waals surface area contributed by atoms with Crippen molar-refractivity contribution >= 4 is 11.9 Å². The number of morpholine rings is 1. The minimum atomic E-state index is -0.227. The number of nitrogens with zero attached hydrogens (tertiary/aromatic N) is 4. The molecule has 0 aromatic carbocycles. The number of hydrogen-bond acceptors (Lipinski definition) is 6. The highest BCUT2D eigenvalue weighted by Gasteiger charge is 2.30. The van der Waals surface area contributed by atoms with E-state index in [1.807, 2.05) is 36.9 Å². The van der Waals surface area contributed by atoms with Gasteiger partial charge in [0.1, 0.15) is 11.9 Å². The average molecular weight is 332 g/mol. The first kappa shape index (κ1) is 16.7. The van der Waals surface area contributed by atoms with Gasteiger partial charge < -0.3 is 19.3 Å². The summed E-state index contributed by atoms with van der Waals surface area (Å²) in [6, 6.07) is 1.85. The van der Waals surface area contributed by atoms with Crippen LogP contribution in [0.1, 0.15) is 31.6 Å². The lowest BCUT2D eigenvalue weighted by Gasteiger charge is -2.34. The van der Waals surface area contributed by atoms with Gasteiger partial charge in [-0.1, -0.05) is 0 Å². The van der Waals surface area contributed by atoms with Crippen LogP contribution in [-0.4, -0.2) is 61.2 Å². The minimum Gasteiger partial charge on any atom is -0.498 e. The fourth-order valence-electron chi connectivity index (χ4n) is 2.96. The predicted molar refractivity (Wildman–Crippen MR) is 89.5 cm³/mol. The van der Waals surface area contributed by atoms with Crippen molar-refractivity contribution in [2.45, 2.75) is 25.9 Å². The smallest absolute Gasteiger partial charge is 0.253 e. The molecular formula is C17H24N4O3. The highest BCUT2D eigenvalue weighted by atomic mass is 16.5. The summed E-state index contributed by atoms with van der Waals surface area (Å²) in [7, 11) is 3.80. The molecule has 3 heterocycles. The number of amides is 1. The van der Waals surface area contributed by atoms with Crippen LogP contribution in [0.4, 0.5) is 5.95 Å². The van der Waals surface area contributed by atoms with Crippen molar-refractivity contribution in [1.82, 2.24) is 14.9 Å². The van der Waals surface area contributed by atoms with E-state index in [0.717, 1.165) is 29.9 Å². The molecule has 0 N–H and O–H groups in total. The Morgan fingerprint density at radius 2 is 2.21 bits per heavy atom. The molecule has 2 aliphatic rings. The molecule has 0 saturated carbocycles. The van der Waals surface area contributed by atoms with E-state index in [0.29, 0.717) is 32.3 Å². The minimum absolute atomic E-state index is 0.0578. The molecule has 1 unspecified atom stereocenters. The third-order valence-corrected chi connectivity index (χ3v) is 4.32. The first-order valence-electron chi connectivity index (χ1n) is 8.30. The summed E-state index contributed by atoms with van der Waals surface area (Å²) in [6.07, 6.45) is 3.17. The van der Waals surface area contributed by atoms with Crippen LogP contribution in [0.5, 0.6) is 0 Å². The van der Waals surface area contributed by atoms with E-state index < -0.39 is 0 Å². The van der Waals surface area contributed by atoms with Crippen LogP contribution in [-0.2, 0) is 14.3 Å². The van der Waals surface area contributed by atoms with Crippen molar-refractivity contribution in [2.24, 2.45) is 0 Å². The zero-order chi connectivity index (χ0) is 17.1. The Hall–Kier alpha value is -2.15. The van der Waals surface area contributed by atoms with Crippen LogP contribution in [0.3, 0.4) is 0 Å². The summed E-state index contributed by atoms with van der Waals surface area (Å²) >= 11 is 0. The van der Waals surface area contributed by atoms with Crippen LogP contribution < -0.4 is 4.90 Å². The Balaban J connectivity index is 1.75. The summed E-state index contributed by atoms with van der Waals surface area (Å²) < 4.78 is 11.4. The molecule has 7 nitrogen and oxygen atoms in total. The van der Waals surface area contributed by atoms with E-state index >= 15 is 0 Å². The van der Waals surface area contributed by atoms with Crippen molar-refractivity contribution in [3.8, 4) is 0 Å². The molecule has 3 rings (SSSR count). The van der Waals surface area contributed by atoms with E-state index in [1.54, 1.807) is 6.20 Å². The molecule has 1 fully saturated rings. The maximum atomic E-state index is 12.8. The number of hydrogen-bond donors (Lipinski definition) is 0. The summed E-state index contributed by atoms with van der Waals surface area (Å²) in [5, 5.41) is 0. The molecule has 130 valence electrons. The van der Waals surface area contributed by atoms with Gasteiger partial charge >= 0.3 is 0 Å². The monoisotopic (exact) mass is 332 g/mol. The van der Waals surface area contributed by atoms with E-state index in [-0.39, 0.29) is 12.0 Å². The number of aromatic nitrogens is 2. The summed E-state index contributed by atoms with van der Waals surface area (Å²) in [6.45, 7) is 4.17. The Morgan fingerprint density at radius 3 is 2.96 bits per heavy atom. The molecule has 2 aliphatic heterocycles. The quantitative estimate of drug-likeness (QED) is 0.836. The molecule has 1 aromatic heterocycles. The maximum absolute atomic E-state index is 12.8. The molecule has 0 bridgehead atoms. The second-order valence-electron chi connectivity index (χ2n) is 6.27. The Kier molecular flexibility index (Phi) is 4.99. The fraction of sp³-hybridized carbons (Fsp3) is 0.588. The van der Waals surface area contributed by atoms with Gasteiger partial charge in [-0.3, -0.25) is 4.79 Å². The van der Waals surface area contributed by atoms with Gasteiger partial charge in [-0.15, -0.1) is 0 Å². The lowest BCUT2D eigenvalue weighted by molar-refractivity contribution is -0.135. The Morgan fingerprint density at radius 1 is 1.38 bits per heavy atom. The molecule has 0 radical (unpaired) electrons. The Bertz CT molecular complexity index is 644. The molecule has 7 heteroatoms. The van der Waals surface area contributed by atoms with Crippen molar-refractivity contribution < 1.29 is 14.3 Å². The predicted octanol–water partition coefficient (Wildman–Crippen LogP) is 1.53. The molecule has 1 aromatic rings. The summed E-state index contributed by atoms with van der Waals surface area (Å²) in [5.41, 5.74) is 1.59. The van der Waals surface area contributed by atoms with Gasteiger partial charge in [0.25, 0.3) is 5.91 Å². The van der Waals surface area contributed by atoms with Gasteiger partial charge in [-0.2, -0.15) is 0 Å². The Labute approximate surface area is 142 Å². The largest absolute Gasteiger partial charge is 0.498 e. The molecule has 24 heavy (non-hydrogen) atoms. The van der Waals surface area contributed by atoms with Crippen LogP contribution in [0.15, 0.2) is 23.6 Å². The first-order chi connectivity index (χ1) is 11.6. The number of carbonyl (C=O) groups excluding carboxylic acids is 1. The molecule has 1 saturated heterocycles. The zero-order valence-corrected chi connectivity index (χ0v) is 14.5. The van der Waals surface area contributed by atoms with E-state index in [1.165, 1.54) is 0 Å². The first-order valence-corrected chi connectivity index (χ1v) is 8.30. The van der Waals surface area contributed by atoms with Crippen molar-refractivity contribution in [1.29, 1.82) is 0 Å². The van der Waals surface area contributed by atoms with Crippen LogP contribution in [0.2, 0.25) is 0 Å². The number of allylic oxidation sites excluding steroid dienone is 1. The zero-order valence-electron chi connectivity index (χ0n) is 14.5. The van der Waals surface area contributed by atoms with Crippen molar-refractivity contribution in [3.05, 3.63) is 29.3 Å². The van der Waals surface area contributed by atoms with Gasteiger partial charge in [-0.05, 0) is 25.8 Å². The summed E-state index contributed by atoms with van der Waals surface area (Å²) in [5.74, 6) is 1.45. The normalized spacial score (nSPS) is 21.5. The van der Waals surface area contributed by atoms with E-state index in [9.17, 15) is 4.79 Å².